The maximum absolute atomic E-state index is 5.10. The summed E-state index contributed by atoms with van der Waals surface area (Å²) in [6.45, 7) is 6.71. The van der Waals surface area contributed by atoms with Gasteiger partial charge in [0.15, 0.2) is 5.11 Å². The highest BCUT2D eigenvalue weighted by molar-refractivity contribution is 7.80. The summed E-state index contributed by atoms with van der Waals surface area (Å²) >= 11 is 5.10. The van der Waals surface area contributed by atoms with E-state index in [2.05, 4.69) is 17.2 Å². The lowest BCUT2D eigenvalue weighted by atomic mass is 10.3. The van der Waals surface area contributed by atoms with E-state index in [1.165, 1.54) is 19.3 Å². The van der Waals surface area contributed by atoms with Gasteiger partial charge < -0.3 is 10.6 Å². The molecule has 0 aromatic heterocycles. The van der Waals surface area contributed by atoms with Crippen LogP contribution < -0.4 is 10.6 Å². The third-order valence-corrected chi connectivity index (χ3v) is 2.51. The second kappa shape index (κ2) is 5.22. The van der Waals surface area contributed by atoms with Gasteiger partial charge in [-0.05, 0) is 31.5 Å². The molecule has 0 amide bonds. The topological polar surface area (TPSA) is 24.1 Å². The van der Waals surface area contributed by atoms with E-state index in [-0.39, 0.29) is 6.04 Å². The van der Waals surface area contributed by atoms with Gasteiger partial charge in [0, 0.05) is 12.6 Å². The molecule has 0 aromatic carbocycles. The van der Waals surface area contributed by atoms with E-state index in [0.29, 0.717) is 0 Å². The van der Waals surface area contributed by atoms with Crippen LogP contribution in [0.3, 0.4) is 0 Å². The van der Waals surface area contributed by atoms with E-state index in [4.69, 9.17) is 12.2 Å². The van der Waals surface area contributed by atoms with Crippen molar-refractivity contribution in [2.45, 2.75) is 32.2 Å². The summed E-state index contributed by atoms with van der Waals surface area (Å²) in [5, 5.41) is 7.06. The Bertz CT molecular complexity index is 187. The Morgan fingerprint density at radius 1 is 1.69 bits per heavy atom. The first-order chi connectivity index (χ1) is 6.22. The third kappa shape index (κ3) is 4.88. The Labute approximate surface area is 85.8 Å². The Morgan fingerprint density at radius 3 is 2.92 bits per heavy atom. The van der Waals surface area contributed by atoms with Crippen molar-refractivity contribution in [3.05, 3.63) is 12.7 Å². The highest BCUT2D eigenvalue weighted by atomic mass is 32.1. The van der Waals surface area contributed by atoms with Gasteiger partial charge in [-0.3, -0.25) is 0 Å². The summed E-state index contributed by atoms with van der Waals surface area (Å²) < 4.78 is 0. The van der Waals surface area contributed by atoms with Crippen molar-refractivity contribution in [3.8, 4) is 0 Å². The molecule has 0 radical (unpaired) electrons. The molecule has 0 heterocycles. The molecule has 1 saturated carbocycles. The number of nitrogens with one attached hydrogen (secondary N) is 2. The van der Waals surface area contributed by atoms with Crippen LogP contribution in [0.4, 0.5) is 0 Å². The largest absolute Gasteiger partial charge is 0.363 e. The van der Waals surface area contributed by atoms with Gasteiger partial charge in [-0.25, -0.2) is 0 Å². The van der Waals surface area contributed by atoms with Crippen molar-refractivity contribution in [2.75, 3.05) is 6.54 Å². The van der Waals surface area contributed by atoms with Crippen LogP contribution in [0.1, 0.15) is 26.2 Å². The van der Waals surface area contributed by atoms with Gasteiger partial charge in [-0.2, -0.15) is 0 Å². The summed E-state index contributed by atoms with van der Waals surface area (Å²) in [5.41, 5.74) is 0. The van der Waals surface area contributed by atoms with Crippen LogP contribution in [0.5, 0.6) is 0 Å². The lowest BCUT2D eigenvalue weighted by Crippen LogP contribution is -2.40. The number of hydrogen-bond donors (Lipinski definition) is 2. The quantitative estimate of drug-likeness (QED) is 0.520. The summed E-state index contributed by atoms with van der Waals surface area (Å²) in [5.74, 6) is 0.965. The zero-order valence-electron chi connectivity index (χ0n) is 8.18. The first kappa shape index (κ1) is 10.5. The molecule has 13 heavy (non-hydrogen) atoms. The van der Waals surface area contributed by atoms with Crippen molar-refractivity contribution >= 4 is 17.3 Å². The molecule has 1 fully saturated rings. The van der Waals surface area contributed by atoms with Crippen LogP contribution in [-0.2, 0) is 0 Å². The average Bonchev–Trinajstić information content (AvgIpc) is 2.88. The third-order valence-electron chi connectivity index (χ3n) is 2.25. The highest BCUT2D eigenvalue weighted by Gasteiger charge is 2.20. The van der Waals surface area contributed by atoms with Gasteiger partial charge in [-0.1, -0.05) is 18.9 Å². The van der Waals surface area contributed by atoms with Crippen LogP contribution in [0, 0.1) is 5.92 Å². The molecule has 0 aliphatic heterocycles. The zero-order valence-corrected chi connectivity index (χ0v) is 8.99. The van der Waals surface area contributed by atoms with Crippen LogP contribution >= 0.6 is 12.2 Å². The second-order valence-electron chi connectivity index (χ2n) is 3.66. The second-order valence-corrected chi connectivity index (χ2v) is 4.06. The zero-order chi connectivity index (χ0) is 9.68. The first-order valence-corrected chi connectivity index (χ1v) is 5.30. The molecule has 1 aliphatic rings. The highest BCUT2D eigenvalue weighted by Crippen LogP contribution is 2.31. The minimum atomic E-state index is 0.251. The van der Waals surface area contributed by atoms with Gasteiger partial charge in [-0.15, -0.1) is 6.58 Å². The lowest BCUT2D eigenvalue weighted by molar-refractivity contribution is 0.684. The van der Waals surface area contributed by atoms with Gasteiger partial charge in [0.1, 0.15) is 0 Å². The molecule has 1 unspecified atom stereocenters. The van der Waals surface area contributed by atoms with Crippen LogP contribution in [0.15, 0.2) is 12.7 Å². The standard InChI is InChI=1S/C10H18N2S/c1-3-8(2)12-10(13)11-7-6-9-4-5-9/h3,8-9H,1,4-7H2,2H3,(H2,11,12,13). The normalized spacial score (nSPS) is 17.6. The van der Waals surface area contributed by atoms with Crippen LogP contribution in [0.25, 0.3) is 0 Å². The Kier molecular flexibility index (Phi) is 4.22. The van der Waals surface area contributed by atoms with Gasteiger partial charge in [0.05, 0.1) is 0 Å². The number of rotatable bonds is 5. The Morgan fingerprint density at radius 2 is 2.38 bits per heavy atom. The van der Waals surface area contributed by atoms with E-state index >= 15 is 0 Å². The predicted molar refractivity (Wildman–Crippen MR) is 60.7 cm³/mol. The average molecular weight is 198 g/mol. The molecule has 1 rings (SSSR count). The van der Waals surface area contributed by atoms with E-state index < -0.39 is 0 Å². The van der Waals surface area contributed by atoms with E-state index in [1.54, 1.807) is 0 Å². The fourth-order valence-electron chi connectivity index (χ4n) is 1.11. The number of thiocarbonyl (C=S) groups is 1. The summed E-state index contributed by atoms with van der Waals surface area (Å²) in [4.78, 5) is 0. The molecule has 0 saturated heterocycles. The van der Waals surface area contributed by atoms with E-state index in [9.17, 15) is 0 Å². The van der Waals surface area contributed by atoms with Crippen molar-refractivity contribution in [1.82, 2.24) is 10.6 Å². The van der Waals surface area contributed by atoms with Crippen molar-refractivity contribution in [1.29, 1.82) is 0 Å². The molecule has 1 atom stereocenters. The van der Waals surface area contributed by atoms with E-state index in [1.807, 2.05) is 13.0 Å². The Hall–Kier alpha value is -0.570. The summed E-state index contributed by atoms with van der Waals surface area (Å²) in [6.07, 6.45) is 5.91. The fraction of sp³-hybridized carbons (Fsp3) is 0.700. The van der Waals surface area contributed by atoms with Gasteiger partial charge in [0.25, 0.3) is 0 Å². The van der Waals surface area contributed by atoms with Crippen molar-refractivity contribution in [3.63, 3.8) is 0 Å². The Balaban J connectivity index is 1.99. The molecule has 3 heteroatoms. The van der Waals surface area contributed by atoms with Crippen molar-refractivity contribution in [2.24, 2.45) is 5.92 Å². The lowest BCUT2D eigenvalue weighted by Gasteiger charge is -2.13. The molecule has 0 spiro atoms. The van der Waals surface area contributed by atoms with E-state index in [0.717, 1.165) is 17.6 Å². The molecule has 0 bridgehead atoms. The minimum Gasteiger partial charge on any atom is -0.363 e. The molecule has 74 valence electrons. The maximum atomic E-state index is 5.10. The monoisotopic (exact) mass is 198 g/mol. The molecule has 1 aliphatic carbocycles. The van der Waals surface area contributed by atoms with Crippen LogP contribution in [-0.4, -0.2) is 17.7 Å². The fourth-order valence-corrected chi connectivity index (χ4v) is 1.40. The molecular weight excluding hydrogens is 180 g/mol. The number of hydrogen-bond acceptors (Lipinski definition) is 1. The summed E-state index contributed by atoms with van der Waals surface area (Å²) in [6, 6.07) is 0.251. The first-order valence-electron chi connectivity index (χ1n) is 4.89. The molecule has 2 N–H and O–H groups in total. The van der Waals surface area contributed by atoms with Crippen molar-refractivity contribution < 1.29 is 0 Å². The van der Waals surface area contributed by atoms with Crippen LogP contribution in [0.2, 0.25) is 0 Å². The minimum absolute atomic E-state index is 0.251. The maximum Gasteiger partial charge on any atom is 0.166 e. The molecule has 0 aromatic rings. The smallest absolute Gasteiger partial charge is 0.166 e. The molecule has 2 nitrogen and oxygen atoms in total. The summed E-state index contributed by atoms with van der Waals surface area (Å²) in [7, 11) is 0. The predicted octanol–water partition coefficient (Wildman–Crippen LogP) is 1.83. The van der Waals surface area contributed by atoms with Gasteiger partial charge >= 0.3 is 0 Å². The van der Waals surface area contributed by atoms with Gasteiger partial charge in [0.2, 0.25) is 0 Å². The SMILES string of the molecule is C=CC(C)NC(=S)NCCC1CC1. The molecular formula is C10H18N2S.